The Morgan fingerprint density at radius 1 is 1.35 bits per heavy atom. The van der Waals surface area contributed by atoms with Crippen LogP contribution in [0.25, 0.3) is 0 Å². The number of rotatable bonds is 6. The van der Waals surface area contributed by atoms with Gasteiger partial charge in [-0.15, -0.1) is 10.2 Å². The quantitative estimate of drug-likeness (QED) is 0.555. The fourth-order valence-electron chi connectivity index (χ4n) is 2.52. The summed E-state index contributed by atoms with van der Waals surface area (Å²) in [5.41, 5.74) is 0.201. The van der Waals surface area contributed by atoms with E-state index in [4.69, 9.17) is 11.6 Å². The summed E-state index contributed by atoms with van der Waals surface area (Å²) in [6.45, 7) is 2.94. The summed E-state index contributed by atoms with van der Waals surface area (Å²) in [7, 11) is -3.71. The van der Waals surface area contributed by atoms with Crippen LogP contribution < -0.4 is 5.32 Å². The van der Waals surface area contributed by atoms with Crippen molar-refractivity contribution in [3.8, 4) is 0 Å². The van der Waals surface area contributed by atoms with Crippen molar-refractivity contribution in [1.82, 2.24) is 14.5 Å². The van der Waals surface area contributed by atoms with E-state index in [0.717, 1.165) is 22.9 Å². The molecule has 1 aromatic heterocycles. The largest absolute Gasteiger partial charge is 0.296 e. The average Bonchev–Trinajstić information content (AvgIpc) is 3.28. The summed E-state index contributed by atoms with van der Waals surface area (Å²) in [5.74, 6) is 0.404. The number of carbonyl (C=O) groups is 1. The highest BCUT2D eigenvalue weighted by Gasteiger charge is 2.29. The van der Waals surface area contributed by atoms with Crippen molar-refractivity contribution in [3.63, 3.8) is 0 Å². The van der Waals surface area contributed by atoms with E-state index >= 15 is 0 Å². The first kappa shape index (κ1) is 19.6. The number of halogens is 1. The zero-order valence-electron chi connectivity index (χ0n) is 13.9. The first-order valence-electron chi connectivity index (χ1n) is 7.99. The van der Waals surface area contributed by atoms with Gasteiger partial charge in [-0.1, -0.05) is 41.6 Å². The van der Waals surface area contributed by atoms with Crippen LogP contribution in [0.3, 0.4) is 0 Å². The van der Waals surface area contributed by atoms with Gasteiger partial charge in [0, 0.05) is 18.7 Å². The second-order valence-electron chi connectivity index (χ2n) is 5.52. The third-order valence-corrected chi connectivity index (χ3v) is 8.01. The number of thioether (sulfide) groups is 1. The van der Waals surface area contributed by atoms with E-state index in [9.17, 15) is 13.2 Å². The van der Waals surface area contributed by atoms with Crippen molar-refractivity contribution in [1.29, 1.82) is 0 Å². The van der Waals surface area contributed by atoms with E-state index in [0.29, 0.717) is 18.2 Å². The lowest BCUT2D eigenvalue weighted by Gasteiger charge is -2.17. The molecule has 2 aromatic rings. The van der Waals surface area contributed by atoms with Crippen molar-refractivity contribution in [2.75, 3.05) is 24.2 Å². The molecule has 1 fully saturated rings. The molecule has 0 saturated carbocycles. The molecule has 0 unspecified atom stereocenters. The molecule has 140 valence electrons. The van der Waals surface area contributed by atoms with Crippen LogP contribution in [0, 0.1) is 0 Å². The number of hydrogen-bond donors (Lipinski definition) is 1. The predicted octanol–water partition coefficient (Wildman–Crippen LogP) is 3.34. The molecule has 0 bridgehead atoms. The topological polar surface area (TPSA) is 92.3 Å². The van der Waals surface area contributed by atoms with Gasteiger partial charge in [-0.25, -0.2) is 8.42 Å². The number of sulfonamides is 1. The normalized spacial score (nSPS) is 15.3. The smallest absolute Gasteiger partial charge is 0.257 e. The molecule has 7 nitrogen and oxygen atoms in total. The van der Waals surface area contributed by atoms with E-state index < -0.39 is 15.9 Å². The van der Waals surface area contributed by atoms with Gasteiger partial charge in [0.05, 0.1) is 5.02 Å². The van der Waals surface area contributed by atoms with Crippen LogP contribution in [0.15, 0.2) is 27.4 Å². The van der Waals surface area contributed by atoms with Crippen molar-refractivity contribution in [3.05, 3.63) is 28.8 Å². The summed E-state index contributed by atoms with van der Waals surface area (Å²) in [6.07, 6.45) is 1.65. The van der Waals surface area contributed by atoms with Crippen LogP contribution in [0.5, 0.6) is 0 Å². The lowest BCUT2D eigenvalue weighted by molar-refractivity contribution is 0.102. The van der Waals surface area contributed by atoms with Gasteiger partial charge in [0.15, 0.2) is 4.34 Å². The van der Waals surface area contributed by atoms with Gasteiger partial charge in [-0.2, -0.15) is 4.31 Å². The van der Waals surface area contributed by atoms with Crippen LogP contribution >= 0.6 is 34.7 Å². The SMILES string of the molecule is CCSc1nnc(NC(=O)c2ccc(Cl)c(S(=O)(=O)N3CCCC3)c2)s1. The van der Waals surface area contributed by atoms with Crippen molar-refractivity contribution in [2.45, 2.75) is 29.0 Å². The Hall–Kier alpha value is -1.20. The fourth-order valence-corrected chi connectivity index (χ4v) is 6.18. The lowest BCUT2D eigenvalue weighted by atomic mass is 10.2. The fraction of sp³-hybridized carbons (Fsp3) is 0.400. The van der Waals surface area contributed by atoms with Gasteiger partial charge >= 0.3 is 0 Å². The molecule has 2 heterocycles. The van der Waals surface area contributed by atoms with E-state index in [1.807, 2.05) is 6.92 Å². The molecule has 0 radical (unpaired) electrons. The van der Waals surface area contributed by atoms with Crippen LogP contribution in [-0.4, -0.2) is 47.7 Å². The average molecular weight is 433 g/mol. The molecule has 1 aliphatic rings. The van der Waals surface area contributed by atoms with Crippen molar-refractivity contribution in [2.24, 2.45) is 0 Å². The van der Waals surface area contributed by atoms with Crippen LogP contribution in [0.1, 0.15) is 30.1 Å². The molecule has 3 rings (SSSR count). The number of carbonyl (C=O) groups excluding carboxylic acids is 1. The van der Waals surface area contributed by atoms with Gasteiger partial charge in [-0.3, -0.25) is 10.1 Å². The Morgan fingerprint density at radius 2 is 2.08 bits per heavy atom. The van der Waals surface area contributed by atoms with E-state index in [1.54, 1.807) is 0 Å². The lowest BCUT2D eigenvalue weighted by Crippen LogP contribution is -2.28. The molecule has 0 spiro atoms. The summed E-state index contributed by atoms with van der Waals surface area (Å²) in [4.78, 5) is 12.4. The minimum Gasteiger partial charge on any atom is -0.296 e. The van der Waals surface area contributed by atoms with Gasteiger partial charge < -0.3 is 0 Å². The molecule has 1 N–H and O–H groups in total. The molecular weight excluding hydrogens is 416 g/mol. The summed E-state index contributed by atoms with van der Waals surface area (Å²) in [5, 5.41) is 11.0. The second kappa shape index (κ2) is 8.22. The maximum absolute atomic E-state index is 12.8. The number of nitrogens with one attached hydrogen (secondary N) is 1. The third kappa shape index (κ3) is 4.20. The molecule has 1 aliphatic heterocycles. The van der Waals surface area contributed by atoms with Crippen LogP contribution in [0.4, 0.5) is 5.13 Å². The number of amides is 1. The highest BCUT2D eigenvalue weighted by molar-refractivity contribution is 8.01. The maximum Gasteiger partial charge on any atom is 0.257 e. The Labute approximate surface area is 165 Å². The monoisotopic (exact) mass is 432 g/mol. The minimum atomic E-state index is -3.71. The Balaban J connectivity index is 1.83. The number of hydrogen-bond acceptors (Lipinski definition) is 7. The molecule has 11 heteroatoms. The highest BCUT2D eigenvalue weighted by Crippen LogP contribution is 2.29. The van der Waals surface area contributed by atoms with E-state index in [2.05, 4.69) is 15.5 Å². The molecular formula is C15H17ClN4O3S3. The summed E-state index contributed by atoms with van der Waals surface area (Å²) in [6, 6.07) is 4.23. The van der Waals surface area contributed by atoms with Crippen LogP contribution in [-0.2, 0) is 10.0 Å². The number of anilines is 1. The highest BCUT2D eigenvalue weighted by atomic mass is 35.5. The van der Waals surface area contributed by atoms with Gasteiger partial charge in [0.1, 0.15) is 4.90 Å². The van der Waals surface area contributed by atoms with Gasteiger partial charge in [0.25, 0.3) is 5.91 Å². The maximum atomic E-state index is 12.8. The number of nitrogens with zero attached hydrogens (tertiary/aromatic N) is 3. The third-order valence-electron chi connectivity index (χ3n) is 3.77. The standard InChI is InChI=1S/C15H17ClN4O3S3/c1-2-24-15-19-18-14(25-15)17-13(21)10-5-6-11(16)12(9-10)26(22,23)20-7-3-4-8-20/h5-6,9H,2-4,7-8H2,1H3,(H,17,18,21). The first-order valence-corrected chi connectivity index (χ1v) is 11.6. The van der Waals surface area contributed by atoms with Gasteiger partial charge in [-0.05, 0) is 36.8 Å². The molecule has 26 heavy (non-hydrogen) atoms. The molecule has 1 aromatic carbocycles. The number of aromatic nitrogens is 2. The Kier molecular flexibility index (Phi) is 6.18. The Morgan fingerprint density at radius 3 is 2.77 bits per heavy atom. The predicted molar refractivity (Wildman–Crippen MR) is 104 cm³/mol. The van der Waals surface area contributed by atoms with E-state index in [1.165, 1.54) is 45.6 Å². The minimum absolute atomic E-state index is 0.0480. The molecule has 0 atom stereocenters. The number of benzene rings is 1. The zero-order valence-corrected chi connectivity index (χ0v) is 17.1. The zero-order chi connectivity index (χ0) is 18.7. The van der Waals surface area contributed by atoms with E-state index in [-0.39, 0.29) is 15.5 Å². The second-order valence-corrected chi connectivity index (χ2v) is 10.3. The first-order chi connectivity index (χ1) is 12.4. The molecule has 1 saturated heterocycles. The van der Waals surface area contributed by atoms with Gasteiger partial charge in [0.2, 0.25) is 15.2 Å². The summed E-state index contributed by atoms with van der Waals surface area (Å²) < 4.78 is 27.7. The molecule has 0 aliphatic carbocycles. The van der Waals surface area contributed by atoms with Crippen LogP contribution in [0.2, 0.25) is 5.02 Å². The Bertz CT molecular complexity index is 911. The van der Waals surface area contributed by atoms with Crippen molar-refractivity contribution >= 4 is 55.8 Å². The van der Waals surface area contributed by atoms with Crippen molar-refractivity contribution < 1.29 is 13.2 Å². The molecule has 1 amide bonds. The summed E-state index contributed by atoms with van der Waals surface area (Å²) >= 11 is 8.90.